The first-order chi connectivity index (χ1) is 14.5. The molecule has 1 aliphatic rings. The molecule has 6 heteroatoms. The van der Waals surface area contributed by atoms with Gasteiger partial charge in [0.15, 0.2) is 16.6 Å². The van der Waals surface area contributed by atoms with Gasteiger partial charge in [0.1, 0.15) is 0 Å². The molecule has 0 aliphatic carbocycles. The maximum atomic E-state index is 5.62. The summed E-state index contributed by atoms with van der Waals surface area (Å²) in [4.78, 5) is 2.54. The van der Waals surface area contributed by atoms with Crippen LogP contribution >= 0.6 is 12.2 Å². The average molecular weight is 428 g/mol. The zero-order valence-electron chi connectivity index (χ0n) is 18.6. The quantitative estimate of drug-likeness (QED) is 0.652. The lowest BCUT2D eigenvalue weighted by molar-refractivity contribution is 0.149. The molecule has 2 aromatic carbocycles. The van der Waals surface area contributed by atoms with Gasteiger partial charge in [0.25, 0.3) is 0 Å². The first-order valence-corrected chi connectivity index (χ1v) is 11.0. The number of nitrogens with one attached hydrogen (secondary N) is 2. The minimum Gasteiger partial charge on any atom is -0.493 e. The molecule has 0 amide bonds. The van der Waals surface area contributed by atoms with Gasteiger partial charge in [0.05, 0.1) is 20.3 Å². The molecule has 0 fully saturated rings. The maximum Gasteiger partial charge on any atom is 0.166 e. The normalized spacial score (nSPS) is 17.0. The smallest absolute Gasteiger partial charge is 0.166 e. The number of fused-ring (bicyclic) bond motifs is 1. The molecule has 0 aromatic heterocycles. The third-order valence-corrected chi connectivity index (χ3v) is 6.09. The van der Waals surface area contributed by atoms with E-state index >= 15 is 0 Å². The summed E-state index contributed by atoms with van der Waals surface area (Å²) < 4.78 is 11.2. The Morgan fingerprint density at radius 1 is 1.20 bits per heavy atom. The summed E-state index contributed by atoms with van der Waals surface area (Å²) >= 11 is 5.49. The van der Waals surface area contributed by atoms with Gasteiger partial charge in [-0.25, -0.2) is 0 Å². The molecule has 2 atom stereocenters. The first-order valence-electron chi connectivity index (χ1n) is 10.6. The predicted octanol–water partition coefficient (Wildman–Crippen LogP) is 3.98. The minimum atomic E-state index is 0.123. The van der Waals surface area contributed by atoms with Crippen LogP contribution in [0.4, 0.5) is 0 Å². The van der Waals surface area contributed by atoms with Gasteiger partial charge in [0.2, 0.25) is 0 Å². The lowest BCUT2D eigenvalue weighted by atomic mass is 9.87. The third-order valence-electron chi connectivity index (χ3n) is 5.83. The van der Waals surface area contributed by atoms with Crippen molar-refractivity contribution in [1.29, 1.82) is 0 Å². The molecular weight excluding hydrogens is 394 g/mol. The van der Waals surface area contributed by atoms with E-state index in [2.05, 4.69) is 72.7 Å². The van der Waals surface area contributed by atoms with Crippen molar-refractivity contribution in [3.63, 3.8) is 0 Å². The van der Waals surface area contributed by atoms with Crippen LogP contribution in [0.1, 0.15) is 42.1 Å². The van der Waals surface area contributed by atoms with E-state index in [-0.39, 0.29) is 12.1 Å². The van der Waals surface area contributed by atoms with Crippen molar-refractivity contribution < 1.29 is 9.47 Å². The van der Waals surface area contributed by atoms with Gasteiger partial charge in [-0.15, -0.1) is 0 Å². The van der Waals surface area contributed by atoms with Crippen molar-refractivity contribution in [2.75, 3.05) is 27.3 Å². The largest absolute Gasteiger partial charge is 0.493 e. The Morgan fingerprint density at radius 3 is 2.57 bits per heavy atom. The zero-order chi connectivity index (χ0) is 21.7. The Kier molecular flexibility index (Phi) is 7.56. The number of methoxy groups -OCH3 is 2. The maximum absolute atomic E-state index is 5.62. The van der Waals surface area contributed by atoms with E-state index in [0.717, 1.165) is 37.6 Å². The summed E-state index contributed by atoms with van der Waals surface area (Å²) in [6.45, 7) is 9.10. The molecule has 3 rings (SSSR count). The average Bonchev–Trinajstić information content (AvgIpc) is 2.74. The Bertz CT molecular complexity index is 887. The summed E-state index contributed by atoms with van der Waals surface area (Å²) in [5.74, 6) is 1.55. The van der Waals surface area contributed by atoms with E-state index in [9.17, 15) is 0 Å². The molecular formula is C24H33N3O2S. The van der Waals surface area contributed by atoms with Crippen molar-refractivity contribution >= 4 is 17.3 Å². The number of aryl methyl sites for hydroxylation is 1. The van der Waals surface area contributed by atoms with Crippen molar-refractivity contribution in [2.45, 2.75) is 45.8 Å². The van der Waals surface area contributed by atoms with Crippen LogP contribution in [-0.4, -0.2) is 43.4 Å². The zero-order valence-corrected chi connectivity index (χ0v) is 19.4. The molecule has 30 heavy (non-hydrogen) atoms. The molecule has 0 unspecified atom stereocenters. The molecule has 0 radical (unpaired) electrons. The van der Waals surface area contributed by atoms with Crippen LogP contribution in [0.3, 0.4) is 0 Å². The standard InChI is InChI=1S/C24H33N3O2S/c1-6-25-24(30)26-17(3)23-20-14-22(29-5)21(28-4)13-18(20)11-12-27(23)15-19-10-8-7-9-16(19)2/h7-10,13-14,17,23H,6,11-12,15H2,1-5H3,(H2,25,26,30)/t17-,23+/m1/s1. The first kappa shape index (κ1) is 22.4. The molecule has 2 N–H and O–H groups in total. The lowest BCUT2D eigenvalue weighted by Gasteiger charge is -2.41. The number of nitrogens with zero attached hydrogens (tertiary/aromatic N) is 1. The van der Waals surface area contributed by atoms with Crippen LogP contribution in [0.5, 0.6) is 11.5 Å². The van der Waals surface area contributed by atoms with Crippen LogP contribution < -0.4 is 20.1 Å². The van der Waals surface area contributed by atoms with Gasteiger partial charge in [-0.2, -0.15) is 0 Å². The fourth-order valence-electron chi connectivity index (χ4n) is 4.30. The van der Waals surface area contributed by atoms with E-state index in [1.54, 1.807) is 14.2 Å². The fourth-order valence-corrected chi connectivity index (χ4v) is 4.63. The van der Waals surface area contributed by atoms with E-state index < -0.39 is 0 Å². The van der Waals surface area contributed by atoms with Gasteiger partial charge < -0.3 is 20.1 Å². The molecule has 0 saturated carbocycles. The monoisotopic (exact) mass is 427 g/mol. The number of ether oxygens (including phenoxy) is 2. The fraction of sp³-hybridized carbons (Fsp3) is 0.458. The number of rotatable bonds is 7. The van der Waals surface area contributed by atoms with Crippen LogP contribution in [-0.2, 0) is 13.0 Å². The number of thiocarbonyl (C=S) groups is 1. The molecule has 1 heterocycles. The van der Waals surface area contributed by atoms with Crippen molar-refractivity contribution in [2.24, 2.45) is 0 Å². The summed E-state index contributed by atoms with van der Waals surface area (Å²) in [5.41, 5.74) is 5.25. The van der Waals surface area contributed by atoms with E-state index in [4.69, 9.17) is 21.7 Å². The highest BCUT2D eigenvalue weighted by atomic mass is 32.1. The molecule has 5 nitrogen and oxygen atoms in total. The second kappa shape index (κ2) is 10.1. The topological polar surface area (TPSA) is 45.8 Å². The summed E-state index contributed by atoms with van der Waals surface area (Å²) in [7, 11) is 3.38. The molecule has 0 bridgehead atoms. The Morgan fingerprint density at radius 2 is 1.90 bits per heavy atom. The van der Waals surface area contributed by atoms with E-state index in [1.165, 1.54) is 22.3 Å². The minimum absolute atomic E-state index is 0.123. The molecule has 2 aromatic rings. The Hall–Kier alpha value is -2.31. The van der Waals surface area contributed by atoms with Gasteiger partial charge >= 0.3 is 0 Å². The lowest BCUT2D eigenvalue weighted by Crippen LogP contribution is -2.49. The number of hydrogen-bond donors (Lipinski definition) is 2. The second-order valence-corrected chi connectivity index (χ2v) is 8.20. The Labute approximate surface area is 185 Å². The van der Waals surface area contributed by atoms with Crippen molar-refractivity contribution in [3.8, 4) is 11.5 Å². The summed E-state index contributed by atoms with van der Waals surface area (Å²) in [6, 6.07) is 13.2. The molecule has 0 spiro atoms. The highest BCUT2D eigenvalue weighted by Gasteiger charge is 2.33. The Balaban J connectivity index is 1.99. The predicted molar refractivity (Wildman–Crippen MR) is 126 cm³/mol. The van der Waals surface area contributed by atoms with Crippen LogP contribution in [0.15, 0.2) is 36.4 Å². The summed E-state index contributed by atoms with van der Waals surface area (Å²) in [6.07, 6.45) is 0.975. The highest BCUT2D eigenvalue weighted by Crippen LogP contribution is 2.40. The second-order valence-electron chi connectivity index (χ2n) is 7.79. The highest BCUT2D eigenvalue weighted by molar-refractivity contribution is 7.80. The van der Waals surface area contributed by atoms with Gasteiger partial charge in [0, 0.05) is 25.7 Å². The van der Waals surface area contributed by atoms with Gasteiger partial charge in [-0.3, -0.25) is 4.90 Å². The number of benzene rings is 2. The van der Waals surface area contributed by atoms with Gasteiger partial charge in [-0.05, 0) is 73.8 Å². The van der Waals surface area contributed by atoms with Crippen LogP contribution in [0.25, 0.3) is 0 Å². The molecule has 0 saturated heterocycles. The molecule has 162 valence electrons. The summed E-state index contributed by atoms with van der Waals surface area (Å²) in [5, 5.41) is 7.39. The van der Waals surface area contributed by atoms with E-state index in [0.29, 0.717) is 5.11 Å². The third kappa shape index (κ3) is 4.87. The molecule has 1 aliphatic heterocycles. The van der Waals surface area contributed by atoms with Crippen molar-refractivity contribution in [3.05, 3.63) is 58.7 Å². The number of hydrogen-bond acceptors (Lipinski definition) is 4. The van der Waals surface area contributed by atoms with Gasteiger partial charge in [-0.1, -0.05) is 24.3 Å². The van der Waals surface area contributed by atoms with Crippen molar-refractivity contribution in [1.82, 2.24) is 15.5 Å². The van der Waals surface area contributed by atoms with E-state index in [1.807, 2.05) is 0 Å². The van der Waals surface area contributed by atoms with Crippen LogP contribution in [0.2, 0.25) is 0 Å². The SMILES string of the molecule is CCNC(=S)N[C@H](C)[C@H]1c2cc(OC)c(OC)cc2CCN1Cc1ccccc1C. The van der Waals surface area contributed by atoms with Crippen LogP contribution in [0, 0.1) is 6.92 Å².